The van der Waals surface area contributed by atoms with E-state index in [0.29, 0.717) is 49.7 Å². The monoisotopic (exact) mass is 519 g/mol. The summed E-state index contributed by atoms with van der Waals surface area (Å²) in [6.07, 6.45) is -0.263. The number of amides is 3. The molecule has 9 heteroatoms. The Morgan fingerprint density at radius 1 is 0.895 bits per heavy atom. The van der Waals surface area contributed by atoms with Gasteiger partial charge in [0.05, 0.1) is 17.7 Å². The normalized spacial score (nSPS) is 14.1. The number of halogens is 1. The molecular weight excluding hydrogens is 489 g/mol. The van der Waals surface area contributed by atoms with Crippen LogP contribution in [0, 0.1) is 5.82 Å². The quantitative estimate of drug-likeness (QED) is 0.468. The summed E-state index contributed by atoms with van der Waals surface area (Å²) in [5.41, 5.74) is 6.34. The second kappa shape index (κ2) is 12.2. The summed E-state index contributed by atoms with van der Waals surface area (Å²) in [5, 5.41) is 0. The lowest BCUT2D eigenvalue weighted by molar-refractivity contribution is -0.139. The Hall–Kier alpha value is -4.40. The van der Waals surface area contributed by atoms with E-state index in [1.54, 1.807) is 59.2 Å². The molecule has 198 valence electrons. The van der Waals surface area contributed by atoms with Crippen LogP contribution in [0.4, 0.5) is 4.39 Å². The first-order chi connectivity index (χ1) is 18.3. The Balaban J connectivity index is 1.32. The van der Waals surface area contributed by atoms with Crippen molar-refractivity contribution >= 4 is 17.7 Å². The summed E-state index contributed by atoms with van der Waals surface area (Å²) >= 11 is 0. The molecule has 8 nitrogen and oxygen atoms in total. The van der Waals surface area contributed by atoms with Gasteiger partial charge in [0, 0.05) is 32.6 Å². The maximum atomic E-state index is 14.6. The lowest BCUT2D eigenvalue weighted by Gasteiger charge is -2.36. The second-order valence-corrected chi connectivity index (χ2v) is 8.96. The number of para-hydroxylation sites is 2. The molecule has 0 aliphatic carbocycles. The number of hydrogen-bond acceptors (Lipinski definition) is 5. The predicted molar refractivity (Wildman–Crippen MR) is 140 cm³/mol. The number of carbonyl (C=O) groups is 3. The molecule has 4 rings (SSSR count). The average molecular weight is 520 g/mol. The molecule has 0 saturated carbocycles. The Morgan fingerprint density at radius 3 is 2.26 bits per heavy atom. The van der Waals surface area contributed by atoms with E-state index in [4.69, 9.17) is 15.2 Å². The van der Waals surface area contributed by atoms with E-state index < -0.39 is 23.7 Å². The van der Waals surface area contributed by atoms with Gasteiger partial charge in [-0.05, 0) is 48.9 Å². The lowest BCUT2D eigenvalue weighted by atomic mass is 10.1. The van der Waals surface area contributed by atoms with Gasteiger partial charge in [-0.25, -0.2) is 4.39 Å². The number of primary amides is 1. The molecule has 1 heterocycles. The molecule has 1 saturated heterocycles. The highest BCUT2D eigenvalue weighted by atomic mass is 19.1. The Labute approximate surface area is 220 Å². The van der Waals surface area contributed by atoms with Crippen molar-refractivity contribution in [2.24, 2.45) is 5.73 Å². The maximum absolute atomic E-state index is 14.6. The van der Waals surface area contributed by atoms with E-state index in [1.807, 2.05) is 18.2 Å². The molecule has 0 radical (unpaired) electrons. The van der Waals surface area contributed by atoms with Gasteiger partial charge in [-0.1, -0.05) is 36.4 Å². The number of ether oxygens (including phenoxy) is 2. The molecule has 3 aromatic carbocycles. The molecule has 1 atom stereocenters. The largest absolute Gasteiger partial charge is 0.492 e. The zero-order valence-corrected chi connectivity index (χ0v) is 21.1. The van der Waals surface area contributed by atoms with Gasteiger partial charge in [0.2, 0.25) is 0 Å². The van der Waals surface area contributed by atoms with Gasteiger partial charge in [0.25, 0.3) is 17.7 Å². The zero-order valence-electron chi connectivity index (χ0n) is 21.1. The van der Waals surface area contributed by atoms with Crippen LogP contribution in [0.2, 0.25) is 0 Å². The fourth-order valence-electron chi connectivity index (χ4n) is 4.28. The van der Waals surface area contributed by atoms with Gasteiger partial charge >= 0.3 is 0 Å². The molecule has 38 heavy (non-hydrogen) atoms. The molecule has 3 aromatic rings. The fraction of sp³-hybridized carbons (Fsp3) is 0.276. The third kappa shape index (κ3) is 6.47. The summed E-state index contributed by atoms with van der Waals surface area (Å²) < 4.78 is 26.0. The van der Waals surface area contributed by atoms with Gasteiger partial charge in [0.1, 0.15) is 17.3 Å². The van der Waals surface area contributed by atoms with Crippen molar-refractivity contribution in [3.63, 3.8) is 0 Å². The van der Waals surface area contributed by atoms with Crippen molar-refractivity contribution in [1.29, 1.82) is 0 Å². The summed E-state index contributed by atoms with van der Waals surface area (Å²) in [4.78, 5) is 40.7. The Kier molecular flexibility index (Phi) is 8.58. The van der Waals surface area contributed by atoms with E-state index in [0.717, 1.165) is 0 Å². The van der Waals surface area contributed by atoms with E-state index >= 15 is 0 Å². The highest BCUT2D eigenvalue weighted by Gasteiger charge is 2.29. The van der Waals surface area contributed by atoms with E-state index in [2.05, 4.69) is 0 Å². The highest BCUT2D eigenvalue weighted by molar-refractivity contribution is 5.96. The standard InChI is InChI=1S/C29H30FN3O5/c1-20(38-22-7-3-2-4-8-22)28(35)32-14-16-33(17-15-32)29(36)24-19-21(11-12-25(24)30)13-18-37-26-10-6-5-9-23(26)27(31)34/h2-12,19-20H,13-18H2,1H3,(H2,31,34). The molecule has 1 aliphatic heterocycles. The van der Waals surface area contributed by atoms with Crippen LogP contribution in [0.25, 0.3) is 0 Å². The van der Waals surface area contributed by atoms with E-state index in [1.165, 1.54) is 12.1 Å². The zero-order chi connectivity index (χ0) is 27.1. The number of rotatable bonds is 9. The molecule has 2 N–H and O–H groups in total. The third-order valence-electron chi connectivity index (χ3n) is 6.34. The molecule has 0 bridgehead atoms. The summed E-state index contributed by atoms with van der Waals surface area (Å²) in [7, 11) is 0. The molecule has 0 spiro atoms. The molecular formula is C29H30FN3O5. The van der Waals surface area contributed by atoms with Crippen molar-refractivity contribution in [3.8, 4) is 11.5 Å². The first-order valence-electron chi connectivity index (χ1n) is 12.4. The van der Waals surface area contributed by atoms with Crippen LogP contribution in [-0.4, -0.2) is 66.4 Å². The van der Waals surface area contributed by atoms with Crippen LogP contribution < -0.4 is 15.2 Å². The van der Waals surface area contributed by atoms with Crippen molar-refractivity contribution in [1.82, 2.24) is 9.80 Å². The Morgan fingerprint density at radius 2 is 1.55 bits per heavy atom. The van der Waals surface area contributed by atoms with Crippen molar-refractivity contribution in [2.45, 2.75) is 19.4 Å². The first kappa shape index (κ1) is 26.7. The number of piperazine rings is 1. The van der Waals surface area contributed by atoms with Crippen LogP contribution in [0.15, 0.2) is 72.8 Å². The van der Waals surface area contributed by atoms with E-state index in [9.17, 15) is 18.8 Å². The van der Waals surface area contributed by atoms with Crippen LogP contribution in [0.1, 0.15) is 33.2 Å². The predicted octanol–water partition coefficient (Wildman–Crippen LogP) is 3.30. The molecule has 1 aliphatic rings. The fourth-order valence-corrected chi connectivity index (χ4v) is 4.28. The number of benzene rings is 3. The number of hydrogen-bond donors (Lipinski definition) is 1. The third-order valence-corrected chi connectivity index (χ3v) is 6.34. The SMILES string of the molecule is CC(Oc1ccccc1)C(=O)N1CCN(C(=O)c2cc(CCOc3ccccc3C(N)=O)ccc2F)CC1. The van der Waals surface area contributed by atoms with Crippen LogP contribution >= 0.6 is 0 Å². The van der Waals surface area contributed by atoms with Gasteiger partial charge in [-0.2, -0.15) is 0 Å². The number of nitrogens with two attached hydrogens (primary N) is 1. The minimum Gasteiger partial charge on any atom is -0.492 e. The van der Waals surface area contributed by atoms with Crippen molar-refractivity contribution in [2.75, 3.05) is 32.8 Å². The van der Waals surface area contributed by atoms with Crippen LogP contribution in [-0.2, 0) is 11.2 Å². The van der Waals surface area contributed by atoms with Crippen LogP contribution in [0.3, 0.4) is 0 Å². The molecule has 1 unspecified atom stereocenters. The maximum Gasteiger partial charge on any atom is 0.263 e. The molecule has 1 fully saturated rings. The van der Waals surface area contributed by atoms with Crippen molar-refractivity contribution in [3.05, 3.63) is 95.3 Å². The molecule has 3 amide bonds. The average Bonchev–Trinajstić information content (AvgIpc) is 2.94. The smallest absolute Gasteiger partial charge is 0.263 e. The van der Waals surface area contributed by atoms with Gasteiger partial charge < -0.3 is 25.0 Å². The topological polar surface area (TPSA) is 102 Å². The first-order valence-corrected chi connectivity index (χ1v) is 12.4. The minimum atomic E-state index is -0.661. The number of nitrogens with zero attached hydrogens (tertiary/aromatic N) is 2. The summed E-state index contributed by atoms with van der Waals surface area (Å²) in [6, 6.07) is 20.2. The van der Waals surface area contributed by atoms with Crippen molar-refractivity contribution < 1.29 is 28.2 Å². The highest BCUT2D eigenvalue weighted by Crippen LogP contribution is 2.20. The summed E-state index contributed by atoms with van der Waals surface area (Å²) in [5.74, 6) is -0.802. The summed E-state index contributed by atoms with van der Waals surface area (Å²) in [6.45, 7) is 3.17. The van der Waals surface area contributed by atoms with Gasteiger partial charge in [-0.3, -0.25) is 14.4 Å². The second-order valence-electron chi connectivity index (χ2n) is 8.96. The minimum absolute atomic E-state index is 0.0272. The molecule has 0 aromatic heterocycles. The van der Waals surface area contributed by atoms with Crippen LogP contribution in [0.5, 0.6) is 11.5 Å². The number of carbonyl (C=O) groups excluding carboxylic acids is 3. The van der Waals surface area contributed by atoms with E-state index in [-0.39, 0.29) is 23.6 Å². The van der Waals surface area contributed by atoms with Gasteiger partial charge in [-0.15, -0.1) is 0 Å². The van der Waals surface area contributed by atoms with Gasteiger partial charge in [0.15, 0.2) is 6.10 Å². The lowest BCUT2D eigenvalue weighted by Crippen LogP contribution is -2.53. The Bertz CT molecular complexity index is 1290.